The zero-order valence-electron chi connectivity index (χ0n) is 11.4. The quantitative estimate of drug-likeness (QED) is 0.678. The first-order chi connectivity index (χ1) is 9.08. The van der Waals surface area contributed by atoms with Gasteiger partial charge in [0, 0.05) is 17.9 Å². The van der Waals surface area contributed by atoms with E-state index in [4.69, 9.17) is 11.0 Å². The van der Waals surface area contributed by atoms with E-state index in [9.17, 15) is 4.79 Å². The lowest BCUT2D eigenvalue weighted by molar-refractivity contribution is -0.121. The molecule has 1 atom stereocenters. The van der Waals surface area contributed by atoms with Crippen LogP contribution in [0.3, 0.4) is 0 Å². The molecule has 1 aromatic carbocycles. The molecule has 5 heteroatoms. The predicted octanol–water partition coefficient (Wildman–Crippen LogP) is 1.66. The number of nitrogen functional groups attached to an aromatic ring is 1. The molecule has 0 aliphatic heterocycles. The van der Waals surface area contributed by atoms with Crippen LogP contribution in [-0.2, 0) is 11.2 Å². The van der Waals surface area contributed by atoms with Gasteiger partial charge < -0.3 is 16.4 Å². The lowest BCUT2D eigenvalue weighted by Crippen LogP contribution is -2.37. The van der Waals surface area contributed by atoms with Crippen molar-refractivity contribution in [1.29, 1.82) is 5.26 Å². The van der Waals surface area contributed by atoms with E-state index < -0.39 is 0 Å². The maximum absolute atomic E-state index is 11.7. The molecule has 5 nitrogen and oxygen atoms in total. The number of benzene rings is 1. The van der Waals surface area contributed by atoms with Crippen LogP contribution in [-0.4, -0.2) is 18.5 Å². The van der Waals surface area contributed by atoms with Gasteiger partial charge in [0.05, 0.1) is 12.5 Å². The monoisotopic (exact) mass is 260 g/mol. The van der Waals surface area contributed by atoms with Crippen LogP contribution in [0.5, 0.6) is 0 Å². The van der Waals surface area contributed by atoms with Gasteiger partial charge in [-0.3, -0.25) is 4.79 Å². The number of carbonyl (C=O) groups excluding carboxylic acids is 1. The highest BCUT2D eigenvalue weighted by Gasteiger charge is 2.12. The summed E-state index contributed by atoms with van der Waals surface area (Å²) < 4.78 is 0. The summed E-state index contributed by atoms with van der Waals surface area (Å²) >= 11 is 0. The van der Waals surface area contributed by atoms with Gasteiger partial charge in [-0.2, -0.15) is 5.26 Å². The average Bonchev–Trinajstić information content (AvgIpc) is 2.40. The number of nitrogens with zero attached hydrogens (tertiary/aromatic N) is 1. The molecule has 0 saturated carbocycles. The van der Waals surface area contributed by atoms with E-state index in [2.05, 4.69) is 16.7 Å². The Morgan fingerprint density at radius 1 is 1.53 bits per heavy atom. The Bertz CT molecular complexity index is 479. The molecule has 1 amide bonds. The minimum absolute atomic E-state index is 0.0412. The highest BCUT2D eigenvalue weighted by Crippen LogP contribution is 2.18. The van der Waals surface area contributed by atoms with Gasteiger partial charge in [0.15, 0.2) is 0 Å². The fourth-order valence-corrected chi connectivity index (χ4v) is 1.65. The van der Waals surface area contributed by atoms with Crippen LogP contribution in [0.4, 0.5) is 11.4 Å². The van der Waals surface area contributed by atoms with Crippen molar-refractivity contribution < 1.29 is 4.79 Å². The number of nitrogens with one attached hydrogen (secondary N) is 2. The van der Waals surface area contributed by atoms with Crippen LogP contribution in [0.2, 0.25) is 0 Å². The Balaban J connectivity index is 2.69. The third-order valence-corrected chi connectivity index (χ3v) is 2.74. The molecule has 0 radical (unpaired) electrons. The molecule has 19 heavy (non-hydrogen) atoms. The molecule has 0 saturated heterocycles. The molecular weight excluding hydrogens is 240 g/mol. The number of carbonyl (C=O) groups is 1. The summed E-state index contributed by atoms with van der Waals surface area (Å²) in [6.45, 7) is 4.48. The summed E-state index contributed by atoms with van der Waals surface area (Å²) in [6.07, 6.45) is 1.17. The van der Waals surface area contributed by atoms with E-state index >= 15 is 0 Å². The first-order valence-electron chi connectivity index (χ1n) is 6.38. The smallest absolute Gasteiger partial charge is 0.242 e. The lowest BCUT2D eigenvalue weighted by Gasteiger charge is -2.16. The lowest BCUT2D eigenvalue weighted by atomic mass is 10.1. The number of anilines is 2. The largest absolute Gasteiger partial charge is 0.398 e. The van der Waals surface area contributed by atoms with Crippen LogP contribution < -0.4 is 16.4 Å². The Labute approximate surface area is 113 Å². The standard InChI is InChI=1S/C14H20N4O/c1-3-8-17-14(19)10(2)18-12-4-5-13(16)11(9-12)6-7-15/h4-5,9-10,18H,3,6,8,16H2,1-2H3,(H,17,19). The predicted molar refractivity (Wildman–Crippen MR) is 76.6 cm³/mol. The van der Waals surface area contributed by atoms with Gasteiger partial charge in [-0.15, -0.1) is 0 Å². The molecular formula is C14H20N4O. The molecule has 1 unspecified atom stereocenters. The summed E-state index contributed by atoms with van der Waals surface area (Å²) in [5.74, 6) is -0.0412. The van der Waals surface area contributed by atoms with E-state index in [0.29, 0.717) is 12.2 Å². The highest BCUT2D eigenvalue weighted by molar-refractivity contribution is 5.84. The second-order valence-corrected chi connectivity index (χ2v) is 4.41. The zero-order valence-corrected chi connectivity index (χ0v) is 11.4. The van der Waals surface area contributed by atoms with Crippen molar-refractivity contribution in [2.24, 2.45) is 0 Å². The van der Waals surface area contributed by atoms with Crippen molar-refractivity contribution in [1.82, 2.24) is 5.32 Å². The van der Waals surface area contributed by atoms with E-state index in [1.54, 1.807) is 19.1 Å². The van der Waals surface area contributed by atoms with Crippen LogP contribution in [0, 0.1) is 11.3 Å². The summed E-state index contributed by atoms with van der Waals surface area (Å²) in [7, 11) is 0. The molecule has 0 aliphatic carbocycles. The maximum Gasteiger partial charge on any atom is 0.242 e. The molecule has 0 spiro atoms. The van der Waals surface area contributed by atoms with Gasteiger partial charge in [-0.05, 0) is 37.1 Å². The Morgan fingerprint density at radius 3 is 2.89 bits per heavy atom. The summed E-state index contributed by atoms with van der Waals surface area (Å²) in [4.78, 5) is 11.7. The fraction of sp³-hybridized carbons (Fsp3) is 0.429. The van der Waals surface area contributed by atoms with Crippen molar-refractivity contribution >= 4 is 17.3 Å². The van der Waals surface area contributed by atoms with Crippen molar-refractivity contribution in [3.63, 3.8) is 0 Å². The number of hydrogen-bond donors (Lipinski definition) is 3. The third-order valence-electron chi connectivity index (χ3n) is 2.74. The van der Waals surface area contributed by atoms with Crippen LogP contribution in [0.25, 0.3) is 0 Å². The van der Waals surface area contributed by atoms with Crippen molar-refractivity contribution in [2.75, 3.05) is 17.6 Å². The van der Waals surface area contributed by atoms with Crippen molar-refractivity contribution in [3.05, 3.63) is 23.8 Å². The van der Waals surface area contributed by atoms with E-state index in [-0.39, 0.29) is 18.4 Å². The molecule has 0 aromatic heterocycles. The van der Waals surface area contributed by atoms with Crippen LogP contribution >= 0.6 is 0 Å². The number of rotatable bonds is 6. The van der Waals surface area contributed by atoms with Gasteiger partial charge in [0.25, 0.3) is 0 Å². The number of hydrogen-bond acceptors (Lipinski definition) is 4. The van der Waals surface area contributed by atoms with Gasteiger partial charge >= 0.3 is 0 Å². The molecule has 0 aliphatic rings. The third kappa shape index (κ3) is 4.51. The number of amides is 1. The van der Waals surface area contributed by atoms with E-state index in [0.717, 1.165) is 17.7 Å². The average molecular weight is 260 g/mol. The maximum atomic E-state index is 11.7. The van der Waals surface area contributed by atoms with Gasteiger partial charge in [-0.1, -0.05) is 6.92 Å². The normalized spacial score (nSPS) is 11.4. The summed E-state index contributed by atoms with van der Waals surface area (Å²) in [6, 6.07) is 7.10. The van der Waals surface area contributed by atoms with Gasteiger partial charge in [0.2, 0.25) is 5.91 Å². The number of nitriles is 1. The fourth-order valence-electron chi connectivity index (χ4n) is 1.65. The molecule has 0 heterocycles. The molecule has 0 fully saturated rings. The topological polar surface area (TPSA) is 90.9 Å². The molecule has 4 N–H and O–H groups in total. The Morgan fingerprint density at radius 2 is 2.26 bits per heavy atom. The first kappa shape index (κ1) is 14.8. The van der Waals surface area contributed by atoms with Crippen molar-refractivity contribution in [3.8, 4) is 6.07 Å². The molecule has 1 aromatic rings. The van der Waals surface area contributed by atoms with Crippen LogP contribution in [0.15, 0.2) is 18.2 Å². The Kier molecular flexibility index (Phi) is 5.68. The van der Waals surface area contributed by atoms with Gasteiger partial charge in [-0.25, -0.2) is 0 Å². The van der Waals surface area contributed by atoms with E-state index in [1.165, 1.54) is 0 Å². The zero-order chi connectivity index (χ0) is 14.3. The SMILES string of the molecule is CCCNC(=O)C(C)Nc1ccc(N)c(CC#N)c1. The summed E-state index contributed by atoms with van der Waals surface area (Å²) in [5, 5.41) is 14.6. The second-order valence-electron chi connectivity index (χ2n) is 4.41. The summed E-state index contributed by atoms with van der Waals surface area (Å²) in [5.41, 5.74) is 7.93. The first-order valence-corrected chi connectivity index (χ1v) is 6.38. The minimum atomic E-state index is -0.329. The van der Waals surface area contributed by atoms with Gasteiger partial charge in [0.1, 0.15) is 6.04 Å². The highest BCUT2D eigenvalue weighted by atomic mass is 16.2. The minimum Gasteiger partial charge on any atom is -0.398 e. The molecule has 1 rings (SSSR count). The second kappa shape index (κ2) is 7.27. The molecule has 102 valence electrons. The van der Waals surface area contributed by atoms with E-state index in [1.807, 2.05) is 13.0 Å². The van der Waals surface area contributed by atoms with Crippen molar-refractivity contribution in [2.45, 2.75) is 32.7 Å². The Hall–Kier alpha value is -2.22. The number of nitrogens with two attached hydrogens (primary N) is 1. The molecule has 0 bridgehead atoms. The van der Waals surface area contributed by atoms with Crippen LogP contribution in [0.1, 0.15) is 25.8 Å².